The van der Waals surface area contributed by atoms with Crippen molar-refractivity contribution in [3.05, 3.63) is 39.7 Å². The van der Waals surface area contributed by atoms with Gasteiger partial charge in [-0.2, -0.15) is 0 Å². The van der Waals surface area contributed by atoms with E-state index in [1.807, 2.05) is 29.7 Å². The SMILES string of the molecule is C[S+](C)/C=C(\O)c1ccc(Br)cc1. The molecule has 0 amide bonds. The van der Waals surface area contributed by atoms with Crippen LogP contribution in [-0.2, 0) is 10.9 Å². The summed E-state index contributed by atoms with van der Waals surface area (Å²) in [6.07, 6.45) is 4.13. The summed E-state index contributed by atoms with van der Waals surface area (Å²) in [5, 5.41) is 11.5. The molecule has 0 radical (unpaired) electrons. The van der Waals surface area contributed by atoms with E-state index in [1.165, 1.54) is 0 Å². The zero-order valence-electron chi connectivity index (χ0n) is 7.62. The van der Waals surface area contributed by atoms with Gasteiger partial charge in [0.15, 0.2) is 11.2 Å². The Balaban J connectivity index is 2.89. The van der Waals surface area contributed by atoms with Crippen LogP contribution in [0.5, 0.6) is 0 Å². The first kappa shape index (κ1) is 10.7. The molecule has 0 aliphatic heterocycles. The van der Waals surface area contributed by atoms with Crippen molar-refractivity contribution in [3.63, 3.8) is 0 Å². The summed E-state index contributed by atoms with van der Waals surface area (Å²) < 4.78 is 1.02. The number of halogens is 1. The average Bonchev–Trinajstić information content (AvgIpc) is 2.04. The zero-order chi connectivity index (χ0) is 9.84. The molecule has 0 heterocycles. The predicted octanol–water partition coefficient (Wildman–Crippen LogP) is 3.18. The van der Waals surface area contributed by atoms with E-state index in [1.54, 1.807) is 0 Å². The molecular formula is C10H12BrOS+. The second kappa shape index (κ2) is 4.72. The molecule has 1 aromatic carbocycles. The van der Waals surface area contributed by atoms with E-state index in [0.717, 1.165) is 10.0 Å². The van der Waals surface area contributed by atoms with Crippen LogP contribution in [0.4, 0.5) is 0 Å². The standard InChI is InChI=1S/C10H11BrOS/c1-13(2)7-10(12)8-3-5-9(11)6-4-8/h3-7H,1-2H3/p+1/b10-7-. The van der Waals surface area contributed by atoms with E-state index in [-0.39, 0.29) is 10.9 Å². The van der Waals surface area contributed by atoms with E-state index < -0.39 is 0 Å². The van der Waals surface area contributed by atoms with Gasteiger partial charge in [0, 0.05) is 20.9 Å². The topological polar surface area (TPSA) is 20.2 Å². The molecule has 1 rings (SSSR count). The second-order valence-corrected chi connectivity index (χ2v) is 5.80. The Labute approximate surface area is 90.0 Å². The van der Waals surface area contributed by atoms with Crippen molar-refractivity contribution in [3.8, 4) is 0 Å². The Hall–Kier alpha value is -0.410. The van der Waals surface area contributed by atoms with E-state index in [4.69, 9.17) is 0 Å². The van der Waals surface area contributed by atoms with Crippen LogP contribution in [-0.4, -0.2) is 17.6 Å². The van der Waals surface area contributed by atoms with Gasteiger partial charge in [0.2, 0.25) is 0 Å². The number of aliphatic hydroxyl groups is 1. The van der Waals surface area contributed by atoms with Gasteiger partial charge < -0.3 is 5.11 Å². The molecule has 1 N–H and O–H groups in total. The van der Waals surface area contributed by atoms with E-state index in [2.05, 4.69) is 28.4 Å². The van der Waals surface area contributed by atoms with Gasteiger partial charge in [-0.25, -0.2) is 0 Å². The minimum Gasteiger partial charge on any atom is -0.503 e. The van der Waals surface area contributed by atoms with Crippen LogP contribution in [0.15, 0.2) is 34.1 Å². The molecular weight excluding hydrogens is 248 g/mol. The fourth-order valence-corrected chi connectivity index (χ4v) is 1.76. The van der Waals surface area contributed by atoms with Crippen molar-refractivity contribution in [2.45, 2.75) is 0 Å². The lowest BCUT2D eigenvalue weighted by molar-refractivity contribution is 0.513. The first-order chi connectivity index (χ1) is 6.09. The lowest BCUT2D eigenvalue weighted by Crippen LogP contribution is -1.91. The minimum absolute atomic E-state index is 0.125. The number of hydrogen-bond acceptors (Lipinski definition) is 1. The van der Waals surface area contributed by atoms with Gasteiger partial charge in [-0.1, -0.05) is 15.9 Å². The summed E-state index contributed by atoms with van der Waals surface area (Å²) in [7, 11) is 0.125. The zero-order valence-corrected chi connectivity index (χ0v) is 10.0. The number of hydrogen-bond donors (Lipinski definition) is 1. The summed E-state index contributed by atoms with van der Waals surface area (Å²) in [5.74, 6) is 0.362. The van der Waals surface area contributed by atoms with Gasteiger partial charge in [-0.05, 0) is 24.3 Å². The fourth-order valence-electron chi connectivity index (χ4n) is 0.912. The third-order valence-electron chi connectivity index (χ3n) is 1.49. The molecule has 0 aliphatic rings. The smallest absolute Gasteiger partial charge is 0.170 e. The Kier molecular flexibility index (Phi) is 3.88. The molecule has 0 aliphatic carbocycles. The Morgan fingerprint density at radius 2 is 1.85 bits per heavy atom. The molecule has 3 heteroatoms. The highest BCUT2D eigenvalue weighted by Gasteiger charge is 2.04. The molecule has 0 atom stereocenters. The summed E-state index contributed by atoms with van der Waals surface area (Å²) >= 11 is 3.35. The van der Waals surface area contributed by atoms with Crippen LogP contribution in [0.25, 0.3) is 5.76 Å². The highest BCUT2D eigenvalue weighted by Crippen LogP contribution is 2.16. The van der Waals surface area contributed by atoms with Crippen LogP contribution in [0.1, 0.15) is 5.56 Å². The third kappa shape index (κ3) is 3.44. The van der Waals surface area contributed by atoms with Crippen molar-refractivity contribution in [2.24, 2.45) is 0 Å². The first-order valence-electron chi connectivity index (χ1n) is 3.82. The average molecular weight is 260 g/mol. The minimum atomic E-state index is 0.125. The molecule has 0 saturated carbocycles. The van der Waals surface area contributed by atoms with Crippen molar-refractivity contribution < 1.29 is 5.11 Å². The van der Waals surface area contributed by atoms with Crippen molar-refractivity contribution in [1.82, 2.24) is 0 Å². The van der Waals surface area contributed by atoms with Crippen LogP contribution in [0.2, 0.25) is 0 Å². The first-order valence-corrected chi connectivity index (χ1v) is 6.72. The second-order valence-electron chi connectivity index (χ2n) is 2.89. The largest absolute Gasteiger partial charge is 0.503 e. The number of aliphatic hydroxyl groups excluding tert-OH is 1. The third-order valence-corrected chi connectivity index (χ3v) is 2.71. The monoisotopic (exact) mass is 259 g/mol. The van der Waals surface area contributed by atoms with Crippen LogP contribution >= 0.6 is 15.9 Å². The quantitative estimate of drug-likeness (QED) is 0.639. The predicted molar refractivity (Wildman–Crippen MR) is 64.0 cm³/mol. The molecule has 1 aromatic rings. The van der Waals surface area contributed by atoms with Crippen molar-refractivity contribution >= 4 is 32.6 Å². The van der Waals surface area contributed by atoms with Gasteiger partial charge in [0.05, 0.1) is 0 Å². The Bertz CT molecular complexity index is 303. The van der Waals surface area contributed by atoms with Crippen molar-refractivity contribution in [2.75, 3.05) is 12.5 Å². The van der Waals surface area contributed by atoms with Gasteiger partial charge >= 0.3 is 0 Å². The molecule has 1 nitrogen and oxygen atoms in total. The lowest BCUT2D eigenvalue weighted by atomic mass is 10.2. The summed E-state index contributed by atoms with van der Waals surface area (Å²) in [5.41, 5.74) is 0.865. The maximum Gasteiger partial charge on any atom is 0.170 e. The molecule has 70 valence electrons. The van der Waals surface area contributed by atoms with E-state index >= 15 is 0 Å². The number of rotatable bonds is 2. The summed E-state index contributed by atoms with van der Waals surface area (Å²) in [6.45, 7) is 0. The van der Waals surface area contributed by atoms with Gasteiger partial charge in [-0.3, -0.25) is 0 Å². The van der Waals surface area contributed by atoms with Crippen LogP contribution in [0.3, 0.4) is 0 Å². The Morgan fingerprint density at radius 3 is 2.31 bits per heavy atom. The van der Waals surface area contributed by atoms with Gasteiger partial charge in [-0.15, -0.1) is 0 Å². The summed E-state index contributed by atoms with van der Waals surface area (Å²) in [6, 6.07) is 7.62. The molecule has 0 fully saturated rings. The maximum atomic E-state index is 9.63. The van der Waals surface area contributed by atoms with Crippen molar-refractivity contribution in [1.29, 1.82) is 0 Å². The molecule has 0 spiro atoms. The van der Waals surface area contributed by atoms with Crippen LogP contribution < -0.4 is 0 Å². The Morgan fingerprint density at radius 1 is 1.31 bits per heavy atom. The summed E-state index contributed by atoms with van der Waals surface area (Å²) in [4.78, 5) is 0. The van der Waals surface area contributed by atoms with E-state index in [0.29, 0.717) is 5.76 Å². The lowest BCUT2D eigenvalue weighted by Gasteiger charge is -1.98. The molecule has 13 heavy (non-hydrogen) atoms. The van der Waals surface area contributed by atoms with E-state index in [9.17, 15) is 5.11 Å². The fraction of sp³-hybridized carbons (Fsp3) is 0.200. The normalized spacial score (nSPS) is 12.2. The van der Waals surface area contributed by atoms with Gasteiger partial charge in [0.25, 0.3) is 0 Å². The number of benzene rings is 1. The highest BCUT2D eigenvalue weighted by atomic mass is 79.9. The molecule has 0 bridgehead atoms. The molecule has 0 saturated heterocycles. The maximum absolute atomic E-state index is 9.63. The van der Waals surface area contributed by atoms with Gasteiger partial charge in [0.1, 0.15) is 12.5 Å². The highest BCUT2D eigenvalue weighted by molar-refractivity contribution is 9.10. The van der Waals surface area contributed by atoms with Crippen LogP contribution in [0, 0.1) is 0 Å². The molecule has 0 aromatic heterocycles. The molecule has 0 unspecified atom stereocenters.